The highest BCUT2D eigenvalue weighted by Gasteiger charge is 2.71. The molecule has 0 aliphatic carbocycles. The first-order valence-electron chi connectivity index (χ1n) is 8.89. The summed E-state index contributed by atoms with van der Waals surface area (Å²) >= 11 is 5.89. The zero-order valence-electron chi connectivity index (χ0n) is 15.8. The van der Waals surface area contributed by atoms with E-state index >= 15 is 0 Å². The molecule has 1 aliphatic rings. The Kier molecular flexibility index (Phi) is 5.09. The molecule has 1 fully saturated rings. The van der Waals surface area contributed by atoms with E-state index in [9.17, 15) is 26.7 Å². The summed E-state index contributed by atoms with van der Waals surface area (Å²) in [4.78, 5) is 12.5. The van der Waals surface area contributed by atoms with Crippen molar-refractivity contribution >= 4 is 22.5 Å². The number of alkyl halides is 3. The maximum absolute atomic E-state index is 14.4. The van der Waals surface area contributed by atoms with Crippen LogP contribution in [0.15, 0.2) is 47.3 Å². The molecule has 0 amide bonds. The van der Waals surface area contributed by atoms with Gasteiger partial charge in [0, 0.05) is 28.1 Å². The summed E-state index contributed by atoms with van der Waals surface area (Å²) < 4.78 is 80.7. The molecule has 2 atom stereocenters. The van der Waals surface area contributed by atoms with Crippen molar-refractivity contribution in [1.29, 1.82) is 0 Å². The van der Waals surface area contributed by atoms with E-state index in [2.05, 4.69) is 5.43 Å². The molecule has 164 valence electrons. The molecule has 4 rings (SSSR count). The molecule has 3 aromatic rings. The average molecular weight is 461 g/mol. The molecule has 11 heteroatoms. The zero-order valence-corrected chi connectivity index (χ0v) is 16.5. The van der Waals surface area contributed by atoms with E-state index in [1.54, 1.807) is 0 Å². The molecule has 1 aromatic heterocycles. The van der Waals surface area contributed by atoms with Gasteiger partial charge >= 0.3 is 6.18 Å². The van der Waals surface area contributed by atoms with Crippen LogP contribution in [0.5, 0.6) is 5.75 Å². The van der Waals surface area contributed by atoms with E-state index in [0.29, 0.717) is 5.39 Å². The van der Waals surface area contributed by atoms with Crippen LogP contribution < -0.4 is 15.7 Å². The van der Waals surface area contributed by atoms with Crippen molar-refractivity contribution in [3.8, 4) is 5.75 Å². The van der Waals surface area contributed by atoms with Crippen molar-refractivity contribution in [2.45, 2.75) is 17.8 Å². The van der Waals surface area contributed by atoms with E-state index < -0.39 is 47.4 Å². The van der Waals surface area contributed by atoms with Crippen LogP contribution in [0.3, 0.4) is 0 Å². The largest absolute Gasteiger partial charge is 0.493 e. The normalized spacial score (nSPS) is 19.3. The molecule has 2 aromatic carbocycles. The van der Waals surface area contributed by atoms with Gasteiger partial charge in [0.15, 0.2) is 11.6 Å². The lowest BCUT2D eigenvalue weighted by atomic mass is 9.92. The van der Waals surface area contributed by atoms with E-state index in [1.165, 1.54) is 12.1 Å². The second kappa shape index (κ2) is 7.38. The van der Waals surface area contributed by atoms with Gasteiger partial charge in [0.2, 0.25) is 5.60 Å². The summed E-state index contributed by atoms with van der Waals surface area (Å²) in [6.07, 6.45) is -4.89. The van der Waals surface area contributed by atoms with Crippen LogP contribution in [0.4, 0.5) is 22.0 Å². The van der Waals surface area contributed by atoms with Gasteiger partial charge in [-0.25, -0.2) is 13.5 Å². The number of epoxide rings is 1. The number of aromatic nitrogens is 1. The first kappa shape index (κ1) is 21.4. The van der Waals surface area contributed by atoms with Gasteiger partial charge in [0.05, 0.1) is 19.2 Å². The molecule has 2 heterocycles. The van der Waals surface area contributed by atoms with Gasteiger partial charge < -0.3 is 14.9 Å². The van der Waals surface area contributed by atoms with Gasteiger partial charge in [-0.1, -0.05) is 11.6 Å². The maximum atomic E-state index is 14.4. The third kappa shape index (κ3) is 3.59. The van der Waals surface area contributed by atoms with Crippen molar-refractivity contribution in [2.24, 2.45) is 0 Å². The number of nitrogens with zero attached hydrogens (tertiary/aromatic N) is 1. The van der Waals surface area contributed by atoms with Crippen LogP contribution in [0.25, 0.3) is 10.9 Å². The fraction of sp³-hybridized carbons (Fsp3) is 0.250. The average Bonchev–Trinajstić information content (AvgIpc) is 3.48. The van der Waals surface area contributed by atoms with Gasteiger partial charge in [-0.2, -0.15) is 13.2 Å². The molecular formula is C20H14ClF5N2O3. The van der Waals surface area contributed by atoms with Gasteiger partial charge in [-0.3, -0.25) is 4.79 Å². The Morgan fingerprint density at radius 3 is 2.48 bits per heavy atom. The summed E-state index contributed by atoms with van der Waals surface area (Å²) in [6, 6.07) is 6.13. The molecule has 0 spiro atoms. The minimum atomic E-state index is -4.89. The Balaban J connectivity index is 1.96. The topological polar surface area (TPSA) is 55.8 Å². The third-order valence-electron chi connectivity index (χ3n) is 5.07. The molecule has 1 N–H and O–H groups in total. The molecule has 5 nitrogen and oxygen atoms in total. The molecule has 1 saturated heterocycles. The number of methoxy groups -OCH3 is 1. The maximum Gasteiger partial charge on any atom is 0.422 e. The number of fused-ring (bicyclic) bond motifs is 1. The van der Waals surface area contributed by atoms with Crippen molar-refractivity contribution < 1.29 is 31.4 Å². The molecule has 0 bridgehead atoms. The predicted molar refractivity (Wildman–Crippen MR) is 103 cm³/mol. The number of rotatable bonds is 5. The van der Waals surface area contributed by atoms with Crippen molar-refractivity contribution in [2.75, 3.05) is 19.1 Å². The quantitative estimate of drug-likeness (QED) is 0.448. The van der Waals surface area contributed by atoms with Crippen molar-refractivity contribution in [3.05, 3.63) is 75.0 Å². The molecule has 1 aliphatic heterocycles. The number of hydrogen-bond donors (Lipinski definition) is 1. The van der Waals surface area contributed by atoms with Crippen LogP contribution in [-0.2, 0) is 4.74 Å². The molecule has 0 saturated carbocycles. The number of nitrogens with one attached hydrogen (secondary N) is 1. The van der Waals surface area contributed by atoms with Crippen molar-refractivity contribution in [3.63, 3.8) is 0 Å². The van der Waals surface area contributed by atoms with Crippen LogP contribution in [0, 0.1) is 11.6 Å². The number of benzene rings is 2. The highest BCUT2D eigenvalue weighted by molar-refractivity contribution is 6.30. The van der Waals surface area contributed by atoms with Crippen LogP contribution >= 0.6 is 11.6 Å². The van der Waals surface area contributed by atoms with Gasteiger partial charge in [-0.15, -0.1) is 0 Å². The number of hydrogen-bond acceptors (Lipinski definition) is 4. The lowest BCUT2D eigenvalue weighted by molar-refractivity contribution is -0.189. The summed E-state index contributed by atoms with van der Waals surface area (Å²) in [5, 5.41) is 0.198. The van der Waals surface area contributed by atoms with Gasteiger partial charge in [0.25, 0.3) is 5.56 Å². The molecule has 2 unspecified atom stereocenters. The highest BCUT2D eigenvalue weighted by Crippen LogP contribution is 2.54. The second-order valence-electron chi connectivity index (χ2n) is 6.96. The number of ether oxygens (including phenoxy) is 2. The highest BCUT2D eigenvalue weighted by atomic mass is 35.5. The van der Waals surface area contributed by atoms with E-state index in [-0.39, 0.29) is 16.1 Å². The Morgan fingerprint density at radius 2 is 1.87 bits per heavy atom. The first-order valence-corrected chi connectivity index (χ1v) is 9.26. The summed E-state index contributed by atoms with van der Waals surface area (Å²) in [5.41, 5.74) is -1.42. The fourth-order valence-electron chi connectivity index (χ4n) is 3.47. The van der Waals surface area contributed by atoms with E-state index in [4.69, 9.17) is 21.1 Å². The number of pyridine rings is 1. The zero-order chi connectivity index (χ0) is 22.6. The van der Waals surface area contributed by atoms with Crippen LogP contribution in [0.1, 0.15) is 11.6 Å². The van der Waals surface area contributed by atoms with Crippen LogP contribution in [0.2, 0.25) is 5.02 Å². The van der Waals surface area contributed by atoms with Gasteiger partial charge in [-0.05, 0) is 30.3 Å². The summed E-state index contributed by atoms with van der Waals surface area (Å²) in [5.74, 6) is -2.20. The Hall–Kier alpha value is -2.85. The lowest BCUT2D eigenvalue weighted by Crippen LogP contribution is -2.46. The minimum absolute atomic E-state index is 0.0167. The third-order valence-corrected chi connectivity index (χ3v) is 5.29. The molecule has 0 radical (unpaired) electrons. The standard InChI is InChI=1S/C20H14ClF5N2O3/c1-30-17-13(6-11(21)7-14(17)23)18(19(9-31-19)20(24,25)26)27-28-15-8-12(22)4-2-10(15)3-5-16(28)29/h2-8,18,27H,9H2,1H3. The van der Waals surface area contributed by atoms with Gasteiger partial charge in [0.1, 0.15) is 11.9 Å². The Morgan fingerprint density at radius 1 is 1.19 bits per heavy atom. The van der Waals surface area contributed by atoms with E-state index in [1.807, 2.05) is 0 Å². The fourth-order valence-corrected chi connectivity index (χ4v) is 3.69. The Labute approximate surface area is 176 Å². The molecular weight excluding hydrogens is 447 g/mol. The Bertz CT molecular complexity index is 1220. The SMILES string of the molecule is COc1c(F)cc(Cl)cc1C(Nn1c(=O)ccc2ccc(F)cc21)C1(C(F)(F)F)CO1. The second-order valence-corrected chi connectivity index (χ2v) is 7.39. The van der Waals surface area contributed by atoms with E-state index in [0.717, 1.165) is 42.1 Å². The predicted octanol–water partition coefficient (Wildman–Crippen LogP) is 4.56. The van der Waals surface area contributed by atoms with Crippen molar-refractivity contribution in [1.82, 2.24) is 4.68 Å². The summed E-state index contributed by atoms with van der Waals surface area (Å²) in [7, 11) is 1.08. The number of halogens is 6. The molecule has 31 heavy (non-hydrogen) atoms. The monoisotopic (exact) mass is 460 g/mol. The lowest BCUT2D eigenvalue weighted by Gasteiger charge is -2.30. The first-order chi connectivity index (χ1) is 14.6. The smallest absolute Gasteiger partial charge is 0.422 e. The summed E-state index contributed by atoms with van der Waals surface area (Å²) in [6.45, 7) is -0.751. The van der Waals surface area contributed by atoms with Crippen LogP contribution in [-0.4, -0.2) is 30.2 Å². The minimum Gasteiger partial charge on any atom is -0.493 e.